The molecule has 0 radical (unpaired) electrons. The number of carbonyl (C=O) groups excluding carboxylic acids is 1. The van der Waals surface area contributed by atoms with Gasteiger partial charge in [-0.2, -0.15) is 0 Å². The van der Waals surface area contributed by atoms with Crippen molar-refractivity contribution in [2.24, 2.45) is 0 Å². The third-order valence-electron chi connectivity index (χ3n) is 3.59. The first kappa shape index (κ1) is 12.3. The van der Waals surface area contributed by atoms with Crippen molar-refractivity contribution in [3.63, 3.8) is 0 Å². The molecule has 1 unspecified atom stereocenters. The summed E-state index contributed by atoms with van der Waals surface area (Å²) in [6.07, 6.45) is 6.44. The van der Waals surface area contributed by atoms with E-state index in [-0.39, 0.29) is 0 Å². The van der Waals surface area contributed by atoms with Crippen molar-refractivity contribution in [1.82, 2.24) is 4.90 Å². The summed E-state index contributed by atoms with van der Waals surface area (Å²) in [6.45, 7) is 2.41. The maximum atomic E-state index is 10.6. The summed E-state index contributed by atoms with van der Waals surface area (Å²) in [7, 11) is 0. The first-order valence-electron chi connectivity index (χ1n) is 6.62. The quantitative estimate of drug-likeness (QED) is 0.702. The van der Waals surface area contributed by atoms with E-state index in [2.05, 4.69) is 35.2 Å². The first-order chi connectivity index (χ1) is 8.40. The van der Waals surface area contributed by atoms with Crippen LogP contribution in [0.15, 0.2) is 30.3 Å². The van der Waals surface area contributed by atoms with E-state index >= 15 is 0 Å². The van der Waals surface area contributed by atoms with Crippen LogP contribution in [0.5, 0.6) is 0 Å². The highest BCUT2D eigenvalue weighted by molar-refractivity contribution is 5.49. The molecule has 1 aromatic carbocycles. The number of benzene rings is 1. The second kappa shape index (κ2) is 6.55. The Labute approximate surface area is 104 Å². The molecule has 0 bridgehead atoms. The third kappa shape index (κ3) is 3.67. The Bertz CT molecular complexity index is 330. The number of rotatable bonds is 6. The highest BCUT2D eigenvalue weighted by Gasteiger charge is 2.21. The molecule has 92 valence electrons. The molecule has 0 N–H and O–H groups in total. The maximum Gasteiger partial charge on any atom is 0.120 e. The molecule has 1 heterocycles. The van der Waals surface area contributed by atoms with Gasteiger partial charge in [0.2, 0.25) is 0 Å². The zero-order valence-electron chi connectivity index (χ0n) is 10.3. The van der Waals surface area contributed by atoms with E-state index in [4.69, 9.17) is 0 Å². The van der Waals surface area contributed by atoms with Crippen LogP contribution in [0, 0.1) is 0 Å². The number of aldehydes is 1. The summed E-state index contributed by atoms with van der Waals surface area (Å²) >= 11 is 0. The van der Waals surface area contributed by atoms with Crippen LogP contribution in [0.1, 0.15) is 31.2 Å². The van der Waals surface area contributed by atoms with Crippen molar-refractivity contribution in [3.8, 4) is 0 Å². The number of hydrogen-bond donors (Lipinski definition) is 0. The Kier molecular flexibility index (Phi) is 4.75. The summed E-state index contributed by atoms with van der Waals surface area (Å²) < 4.78 is 0. The number of carbonyl (C=O) groups is 1. The van der Waals surface area contributed by atoms with E-state index in [0.717, 1.165) is 19.1 Å². The Balaban J connectivity index is 1.96. The molecule has 1 atom stereocenters. The second-order valence-electron chi connectivity index (χ2n) is 4.83. The lowest BCUT2D eigenvalue weighted by atomic mass is 10.0. The van der Waals surface area contributed by atoms with Crippen molar-refractivity contribution >= 4 is 6.29 Å². The molecule has 1 aliphatic rings. The van der Waals surface area contributed by atoms with Crippen LogP contribution in [0.2, 0.25) is 0 Å². The highest BCUT2D eigenvalue weighted by atomic mass is 16.1. The topological polar surface area (TPSA) is 20.3 Å². The van der Waals surface area contributed by atoms with Crippen molar-refractivity contribution < 1.29 is 4.79 Å². The number of likely N-dealkylation sites (tertiary alicyclic amines) is 1. The molecular formula is C15H21NO. The minimum Gasteiger partial charge on any atom is -0.303 e. The average molecular weight is 231 g/mol. The fourth-order valence-electron chi connectivity index (χ4n) is 2.67. The van der Waals surface area contributed by atoms with Crippen LogP contribution >= 0.6 is 0 Å². The van der Waals surface area contributed by atoms with Crippen LogP contribution in [0.3, 0.4) is 0 Å². The van der Waals surface area contributed by atoms with Crippen molar-refractivity contribution in [2.45, 2.75) is 38.1 Å². The highest BCUT2D eigenvalue weighted by Crippen LogP contribution is 2.18. The molecule has 1 saturated heterocycles. The lowest BCUT2D eigenvalue weighted by molar-refractivity contribution is -0.108. The minimum absolute atomic E-state index is 0.546. The fourth-order valence-corrected chi connectivity index (χ4v) is 2.67. The van der Waals surface area contributed by atoms with Crippen LogP contribution in [-0.4, -0.2) is 30.3 Å². The summed E-state index contributed by atoms with van der Waals surface area (Å²) in [6, 6.07) is 11.2. The van der Waals surface area contributed by atoms with E-state index in [1.165, 1.54) is 31.5 Å². The summed E-state index contributed by atoms with van der Waals surface area (Å²) in [4.78, 5) is 13.1. The van der Waals surface area contributed by atoms with Gasteiger partial charge in [0.1, 0.15) is 6.29 Å². The maximum absolute atomic E-state index is 10.6. The monoisotopic (exact) mass is 231 g/mol. The van der Waals surface area contributed by atoms with Crippen LogP contribution in [0.25, 0.3) is 0 Å². The van der Waals surface area contributed by atoms with E-state index < -0.39 is 0 Å². The van der Waals surface area contributed by atoms with Gasteiger partial charge in [0.25, 0.3) is 0 Å². The molecule has 17 heavy (non-hydrogen) atoms. The van der Waals surface area contributed by atoms with Crippen molar-refractivity contribution in [3.05, 3.63) is 35.9 Å². The van der Waals surface area contributed by atoms with Gasteiger partial charge in [0.15, 0.2) is 0 Å². The lowest BCUT2D eigenvalue weighted by Crippen LogP contribution is -2.34. The molecule has 0 aliphatic carbocycles. The minimum atomic E-state index is 0.546. The molecule has 0 spiro atoms. The van der Waals surface area contributed by atoms with Gasteiger partial charge in [-0.15, -0.1) is 0 Å². The standard InChI is InChI=1S/C15H21NO/c17-12-6-9-15(16-10-4-5-11-16)13-14-7-2-1-3-8-14/h1-3,7-8,12,15H,4-6,9-11,13H2. The van der Waals surface area contributed by atoms with Gasteiger partial charge in [0, 0.05) is 12.5 Å². The van der Waals surface area contributed by atoms with Gasteiger partial charge in [-0.25, -0.2) is 0 Å². The van der Waals surface area contributed by atoms with Gasteiger partial charge >= 0.3 is 0 Å². The van der Waals surface area contributed by atoms with Gasteiger partial charge in [-0.3, -0.25) is 0 Å². The van der Waals surface area contributed by atoms with Crippen molar-refractivity contribution in [2.75, 3.05) is 13.1 Å². The summed E-state index contributed by atoms with van der Waals surface area (Å²) in [5, 5.41) is 0. The normalized spacial score (nSPS) is 18.1. The van der Waals surface area contributed by atoms with Crippen LogP contribution < -0.4 is 0 Å². The summed E-state index contributed by atoms with van der Waals surface area (Å²) in [5.41, 5.74) is 1.38. The van der Waals surface area contributed by atoms with Crippen LogP contribution in [-0.2, 0) is 11.2 Å². The molecule has 0 aromatic heterocycles. The molecule has 2 heteroatoms. The fraction of sp³-hybridized carbons (Fsp3) is 0.533. The van der Waals surface area contributed by atoms with E-state index in [1.807, 2.05) is 0 Å². The number of hydrogen-bond acceptors (Lipinski definition) is 2. The van der Waals surface area contributed by atoms with E-state index in [1.54, 1.807) is 0 Å². The van der Waals surface area contributed by atoms with Crippen LogP contribution in [0.4, 0.5) is 0 Å². The Morgan fingerprint density at radius 2 is 1.88 bits per heavy atom. The molecular weight excluding hydrogens is 210 g/mol. The SMILES string of the molecule is O=CCCC(Cc1ccccc1)N1CCCC1. The smallest absolute Gasteiger partial charge is 0.120 e. The zero-order chi connectivity index (χ0) is 11.9. The molecule has 1 aliphatic heterocycles. The third-order valence-corrected chi connectivity index (χ3v) is 3.59. The zero-order valence-corrected chi connectivity index (χ0v) is 10.3. The number of nitrogens with zero attached hydrogens (tertiary/aromatic N) is 1. The van der Waals surface area contributed by atoms with Crippen molar-refractivity contribution in [1.29, 1.82) is 0 Å². The molecule has 0 amide bonds. The summed E-state index contributed by atoms with van der Waals surface area (Å²) in [5.74, 6) is 0. The average Bonchev–Trinajstić information content (AvgIpc) is 2.89. The van der Waals surface area contributed by atoms with E-state index in [0.29, 0.717) is 12.5 Å². The second-order valence-corrected chi connectivity index (χ2v) is 4.83. The van der Waals surface area contributed by atoms with Gasteiger partial charge in [-0.1, -0.05) is 30.3 Å². The molecule has 0 saturated carbocycles. The molecule has 2 nitrogen and oxygen atoms in total. The van der Waals surface area contributed by atoms with Gasteiger partial charge in [-0.05, 0) is 44.3 Å². The molecule has 1 fully saturated rings. The molecule has 2 rings (SSSR count). The Morgan fingerprint density at radius 1 is 1.18 bits per heavy atom. The molecule has 1 aromatic rings. The lowest BCUT2D eigenvalue weighted by Gasteiger charge is -2.27. The van der Waals surface area contributed by atoms with Gasteiger partial charge in [0.05, 0.1) is 0 Å². The predicted octanol–water partition coefficient (Wildman–Crippen LogP) is 2.67. The Hall–Kier alpha value is -1.15. The van der Waals surface area contributed by atoms with Gasteiger partial charge < -0.3 is 9.69 Å². The van der Waals surface area contributed by atoms with E-state index in [9.17, 15) is 4.79 Å². The predicted molar refractivity (Wildman–Crippen MR) is 70.0 cm³/mol. The largest absolute Gasteiger partial charge is 0.303 e. The first-order valence-corrected chi connectivity index (χ1v) is 6.62. The Morgan fingerprint density at radius 3 is 2.53 bits per heavy atom.